The quantitative estimate of drug-likeness (QED) is 0.420. The zero-order valence-electron chi connectivity index (χ0n) is 13.1. The Bertz CT molecular complexity index is 1100. The summed E-state index contributed by atoms with van der Waals surface area (Å²) in [4.78, 5) is 4.48. The van der Waals surface area contributed by atoms with Gasteiger partial charge in [-0.15, -0.1) is 10.2 Å². The van der Waals surface area contributed by atoms with E-state index in [1.165, 1.54) is 12.1 Å². The Labute approximate surface area is 150 Å². The molecule has 0 aliphatic heterocycles. The SMILES string of the molecule is Cn1c2ccc(Br)cc2c2nnc(N/N=C\c3ccc(F)cc3)nc21. The molecule has 0 aliphatic carbocycles. The molecule has 8 heteroatoms. The van der Waals surface area contributed by atoms with Crippen molar-refractivity contribution in [3.8, 4) is 0 Å². The smallest absolute Gasteiger partial charge is 0.265 e. The molecule has 0 radical (unpaired) electrons. The fourth-order valence-corrected chi connectivity index (χ4v) is 2.95. The van der Waals surface area contributed by atoms with Crippen molar-refractivity contribution in [2.45, 2.75) is 0 Å². The number of hydrogen-bond acceptors (Lipinski definition) is 5. The van der Waals surface area contributed by atoms with E-state index in [1.807, 2.05) is 29.8 Å². The van der Waals surface area contributed by atoms with Gasteiger partial charge in [-0.05, 0) is 35.9 Å². The van der Waals surface area contributed by atoms with Crippen LogP contribution in [0.4, 0.5) is 10.3 Å². The van der Waals surface area contributed by atoms with Gasteiger partial charge in [0.15, 0.2) is 5.65 Å². The summed E-state index contributed by atoms with van der Waals surface area (Å²) < 4.78 is 15.8. The first-order chi connectivity index (χ1) is 12.1. The normalized spacial score (nSPS) is 11.6. The molecule has 0 saturated heterocycles. The predicted octanol–water partition coefficient (Wildman–Crippen LogP) is 3.86. The summed E-state index contributed by atoms with van der Waals surface area (Å²) in [7, 11) is 1.93. The summed E-state index contributed by atoms with van der Waals surface area (Å²) in [5, 5.41) is 13.4. The predicted molar refractivity (Wildman–Crippen MR) is 99.1 cm³/mol. The average Bonchev–Trinajstić information content (AvgIpc) is 2.88. The highest BCUT2D eigenvalue weighted by Gasteiger charge is 2.12. The lowest BCUT2D eigenvalue weighted by atomic mass is 10.2. The lowest BCUT2D eigenvalue weighted by Crippen LogP contribution is -2.00. The van der Waals surface area contributed by atoms with Crippen molar-refractivity contribution < 1.29 is 4.39 Å². The third-order valence-corrected chi connectivity index (χ3v) is 4.30. The van der Waals surface area contributed by atoms with Crippen LogP contribution in [0.5, 0.6) is 0 Å². The molecule has 0 amide bonds. The maximum atomic E-state index is 12.9. The topological polar surface area (TPSA) is 68.0 Å². The zero-order chi connectivity index (χ0) is 17.4. The molecule has 1 N–H and O–H groups in total. The van der Waals surface area contributed by atoms with Gasteiger partial charge < -0.3 is 4.57 Å². The number of nitrogens with zero attached hydrogens (tertiary/aromatic N) is 5. The Morgan fingerprint density at radius 3 is 2.76 bits per heavy atom. The molecular formula is C17H12BrFN6. The van der Waals surface area contributed by atoms with Crippen LogP contribution in [0.25, 0.3) is 22.1 Å². The summed E-state index contributed by atoms with van der Waals surface area (Å²) in [6.07, 6.45) is 1.56. The number of hydrogen-bond donors (Lipinski definition) is 1. The second-order valence-electron chi connectivity index (χ2n) is 5.45. The molecule has 0 fully saturated rings. The Morgan fingerprint density at radius 1 is 1.16 bits per heavy atom. The van der Waals surface area contributed by atoms with Gasteiger partial charge in [0.25, 0.3) is 5.95 Å². The highest BCUT2D eigenvalue weighted by Crippen LogP contribution is 2.27. The Kier molecular flexibility index (Phi) is 3.89. The van der Waals surface area contributed by atoms with E-state index >= 15 is 0 Å². The van der Waals surface area contributed by atoms with E-state index in [1.54, 1.807) is 18.3 Å². The lowest BCUT2D eigenvalue weighted by Gasteiger charge is -1.99. The number of nitrogens with one attached hydrogen (secondary N) is 1. The summed E-state index contributed by atoms with van der Waals surface area (Å²) in [5.41, 5.74) is 5.97. The standard InChI is InChI=1S/C17H12BrFN6/c1-25-14-7-4-11(18)8-13(14)15-16(25)21-17(24-22-15)23-20-9-10-2-5-12(19)6-3-10/h2-9H,1H3,(H,21,23,24)/b20-9-. The van der Waals surface area contributed by atoms with Crippen molar-refractivity contribution in [1.29, 1.82) is 0 Å². The first-order valence-corrected chi connectivity index (χ1v) is 8.24. The third kappa shape index (κ3) is 2.96. The number of hydrazone groups is 1. The maximum absolute atomic E-state index is 12.9. The van der Waals surface area contributed by atoms with Crippen LogP contribution in [-0.2, 0) is 7.05 Å². The van der Waals surface area contributed by atoms with Crippen LogP contribution in [0.2, 0.25) is 0 Å². The molecule has 0 atom stereocenters. The van der Waals surface area contributed by atoms with Crippen LogP contribution in [0, 0.1) is 5.82 Å². The van der Waals surface area contributed by atoms with Crippen molar-refractivity contribution in [3.05, 3.63) is 58.3 Å². The summed E-state index contributed by atoms with van der Waals surface area (Å²) >= 11 is 3.47. The first kappa shape index (κ1) is 15.6. The van der Waals surface area contributed by atoms with Gasteiger partial charge in [-0.25, -0.2) is 9.82 Å². The first-order valence-electron chi connectivity index (χ1n) is 7.45. The van der Waals surface area contributed by atoms with E-state index in [0.29, 0.717) is 5.65 Å². The number of benzene rings is 2. The van der Waals surface area contributed by atoms with Crippen molar-refractivity contribution in [2.24, 2.45) is 12.1 Å². The van der Waals surface area contributed by atoms with Crippen LogP contribution in [0.1, 0.15) is 5.56 Å². The molecule has 0 unspecified atom stereocenters. The van der Waals surface area contributed by atoms with E-state index < -0.39 is 0 Å². The fourth-order valence-electron chi connectivity index (χ4n) is 2.59. The Morgan fingerprint density at radius 2 is 1.96 bits per heavy atom. The number of aryl methyl sites for hydroxylation is 1. The highest BCUT2D eigenvalue weighted by molar-refractivity contribution is 9.10. The Balaban J connectivity index is 1.66. The van der Waals surface area contributed by atoms with Crippen LogP contribution in [0.3, 0.4) is 0 Å². The number of fused-ring (bicyclic) bond motifs is 3. The zero-order valence-corrected chi connectivity index (χ0v) is 14.7. The molecule has 4 aromatic rings. The van der Waals surface area contributed by atoms with Gasteiger partial charge in [-0.3, -0.25) is 0 Å². The molecule has 6 nitrogen and oxygen atoms in total. The summed E-state index contributed by atoms with van der Waals surface area (Å²) in [5.74, 6) is 0.00124. The second kappa shape index (κ2) is 6.21. The van der Waals surface area contributed by atoms with Gasteiger partial charge in [0.05, 0.1) is 11.7 Å². The molecule has 4 rings (SSSR count). The number of rotatable bonds is 3. The van der Waals surface area contributed by atoms with E-state index in [0.717, 1.165) is 26.5 Å². The molecule has 2 aromatic heterocycles. The Hall–Kier alpha value is -2.87. The average molecular weight is 399 g/mol. The number of anilines is 1. The number of halogens is 2. The molecule has 0 saturated carbocycles. The second-order valence-corrected chi connectivity index (χ2v) is 6.37. The van der Waals surface area contributed by atoms with Crippen molar-refractivity contribution >= 4 is 50.2 Å². The minimum absolute atomic E-state index is 0.287. The molecule has 124 valence electrons. The summed E-state index contributed by atoms with van der Waals surface area (Å²) in [6, 6.07) is 12.0. The highest BCUT2D eigenvalue weighted by atomic mass is 79.9. The van der Waals surface area contributed by atoms with Crippen molar-refractivity contribution in [1.82, 2.24) is 19.7 Å². The molecule has 0 aliphatic rings. The minimum Gasteiger partial charge on any atom is -0.327 e. The van der Waals surface area contributed by atoms with Crippen LogP contribution in [0.15, 0.2) is 52.0 Å². The maximum Gasteiger partial charge on any atom is 0.265 e. The molecular weight excluding hydrogens is 387 g/mol. The van der Waals surface area contributed by atoms with E-state index in [2.05, 4.69) is 41.6 Å². The van der Waals surface area contributed by atoms with Crippen molar-refractivity contribution in [3.63, 3.8) is 0 Å². The van der Waals surface area contributed by atoms with E-state index in [4.69, 9.17) is 0 Å². The van der Waals surface area contributed by atoms with Crippen LogP contribution >= 0.6 is 15.9 Å². The molecule has 0 bridgehead atoms. The largest absolute Gasteiger partial charge is 0.327 e. The summed E-state index contributed by atoms with van der Waals surface area (Å²) in [6.45, 7) is 0. The molecule has 2 heterocycles. The fraction of sp³-hybridized carbons (Fsp3) is 0.0588. The molecule has 25 heavy (non-hydrogen) atoms. The molecule has 0 spiro atoms. The van der Waals surface area contributed by atoms with E-state index in [-0.39, 0.29) is 11.8 Å². The van der Waals surface area contributed by atoms with Gasteiger partial charge in [-0.2, -0.15) is 10.1 Å². The third-order valence-electron chi connectivity index (χ3n) is 3.81. The van der Waals surface area contributed by atoms with Crippen molar-refractivity contribution in [2.75, 3.05) is 5.43 Å². The van der Waals surface area contributed by atoms with E-state index in [9.17, 15) is 4.39 Å². The van der Waals surface area contributed by atoms with Gasteiger partial charge in [0.2, 0.25) is 0 Å². The van der Waals surface area contributed by atoms with Gasteiger partial charge in [0, 0.05) is 16.9 Å². The van der Waals surface area contributed by atoms with Gasteiger partial charge in [0.1, 0.15) is 11.3 Å². The number of aromatic nitrogens is 4. The molecule has 2 aromatic carbocycles. The monoisotopic (exact) mass is 398 g/mol. The van der Waals surface area contributed by atoms with Gasteiger partial charge >= 0.3 is 0 Å². The van der Waals surface area contributed by atoms with Crippen LogP contribution in [-0.4, -0.2) is 26.0 Å². The van der Waals surface area contributed by atoms with Gasteiger partial charge in [-0.1, -0.05) is 28.1 Å². The lowest BCUT2D eigenvalue weighted by molar-refractivity contribution is 0.628. The van der Waals surface area contributed by atoms with Crippen LogP contribution < -0.4 is 5.43 Å². The minimum atomic E-state index is -0.287.